The molecule has 1 aliphatic heterocycles. The zero-order valence-electron chi connectivity index (χ0n) is 15.1. The van der Waals surface area contributed by atoms with Crippen LogP contribution in [0.2, 0.25) is 10.0 Å². The van der Waals surface area contributed by atoms with Crippen LogP contribution in [-0.4, -0.2) is 20.9 Å². The van der Waals surface area contributed by atoms with Gasteiger partial charge < -0.3 is 5.32 Å². The number of halogens is 2. The Labute approximate surface area is 178 Å². The molecule has 1 amide bonds. The molecule has 0 fully saturated rings. The summed E-state index contributed by atoms with van der Waals surface area (Å²) < 4.78 is 27.5. The minimum Gasteiger partial charge on any atom is -0.350 e. The molecule has 1 aliphatic rings. The maximum absolute atomic E-state index is 13.2. The average Bonchev–Trinajstić information content (AvgIpc) is 2.71. The van der Waals surface area contributed by atoms with Crippen molar-refractivity contribution in [3.05, 3.63) is 82.3 Å². The number of carbonyl (C=O) groups excluding carboxylic acids is 1. The van der Waals surface area contributed by atoms with E-state index in [9.17, 15) is 13.2 Å². The van der Waals surface area contributed by atoms with Crippen LogP contribution >= 0.6 is 23.2 Å². The summed E-state index contributed by atoms with van der Waals surface area (Å²) in [7, 11) is -3.88. The lowest BCUT2D eigenvalue weighted by molar-refractivity contribution is -0.119. The fourth-order valence-corrected chi connectivity index (χ4v) is 5.21. The van der Waals surface area contributed by atoms with Crippen LogP contribution in [0, 0.1) is 0 Å². The van der Waals surface area contributed by atoms with E-state index in [4.69, 9.17) is 23.2 Å². The number of hydrogen-bond donors (Lipinski definition) is 1. The standard InChI is InChI=1S/C21H16Cl2N2O3S/c22-15-7-5-14(6-8-15)12-24-21(26)13-25-19-10-9-16(23)11-18(19)17-3-1-2-4-20(17)29(25,27)28/h1-11H,12-13H2,(H,24,26). The first-order valence-electron chi connectivity index (χ1n) is 8.79. The maximum Gasteiger partial charge on any atom is 0.265 e. The van der Waals surface area contributed by atoms with Crippen molar-refractivity contribution in [2.24, 2.45) is 0 Å². The molecule has 0 unspecified atom stereocenters. The molecule has 0 saturated heterocycles. The van der Waals surface area contributed by atoms with Crippen LogP contribution in [0.25, 0.3) is 11.1 Å². The molecule has 0 bridgehead atoms. The second-order valence-electron chi connectivity index (χ2n) is 6.57. The van der Waals surface area contributed by atoms with E-state index in [1.165, 1.54) is 6.07 Å². The van der Waals surface area contributed by atoms with Gasteiger partial charge in [0.1, 0.15) is 6.54 Å². The highest BCUT2D eigenvalue weighted by Crippen LogP contribution is 2.43. The summed E-state index contributed by atoms with van der Waals surface area (Å²) >= 11 is 12.0. The monoisotopic (exact) mass is 446 g/mol. The third kappa shape index (κ3) is 3.83. The van der Waals surface area contributed by atoms with Crippen LogP contribution in [0.4, 0.5) is 5.69 Å². The Morgan fingerprint density at radius 2 is 1.59 bits per heavy atom. The van der Waals surface area contributed by atoms with Crippen molar-refractivity contribution in [1.82, 2.24) is 5.32 Å². The van der Waals surface area contributed by atoms with Crippen LogP contribution in [0.15, 0.2) is 71.6 Å². The van der Waals surface area contributed by atoms with Gasteiger partial charge in [-0.05, 0) is 42.0 Å². The molecule has 3 aromatic carbocycles. The van der Waals surface area contributed by atoms with Gasteiger partial charge in [-0.2, -0.15) is 0 Å². The third-order valence-electron chi connectivity index (χ3n) is 4.66. The minimum absolute atomic E-state index is 0.153. The van der Waals surface area contributed by atoms with E-state index in [0.29, 0.717) is 26.9 Å². The predicted molar refractivity (Wildman–Crippen MR) is 115 cm³/mol. The van der Waals surface area contributed by atoms with Crippen LogP contribution in [-0.2, 0) is 21.4 Å². The second-order valence-corrected chi connectivity index (χ2v) is 9.28. The molecule has 1 heterocycles. The lowest BCUT2D eigenvalue weighted by atomic mass is 10.0. The Bertz CT molecular complexity index is 1190. The number of hydrogen-bond acceptors (Lipinski definition) is 3. The molecule has 4 rings (SSSR count). The smallest absolute Gasteiger partial charge is 0.265 e. The Kier molecular flexibility index (Phi) is 5.25. The summed E-state index contributed by atoms with van der Waals surface area (Å²) in [5.41, 5.74) is 2.53. The number of carbonyl (C=O) groups is 1. The van der Waals surface area contributed by atoms with Gasteiger partial charge in [0.05, 0.1) is 10.6 Å². The topological polar surface area (TPSA) is 66.5 Å². The van der Waals surface area contributed by atoms with Gasteiger partial charge in [0, 0.05) is 27.7 Å². The predicted octanol–water partition coefficient (Wildman–Crippen LogP) is 4.49. The van der Waals surface area contributed by atoms with Crippen LogP contribution in [0.5, 0.6) is 0 Å². The number of nitrogens with zero attached hydrogens (tertiary/aromatic N) is 1. The minimum atomic E-state index is -3.88. The first-order valence-corrected chi connectivity index (χ1v) is 11.0. The van der Waals surface area contributed by atoms with Crippen LogP contribution < -0.4 is 9.62 Å². The van der Waals surface area contributed by atoms with Crippen molar-refractivity contribution in [3.8, 4) is 11.1 Å². The largest absolute Gasteiger partial charge is 0.350 e. The van der Waals surface area contributed by atoms with Gasteiger partial charge in [-0.1, -0.05) is 53.5 Å². The fourth-order valence-electron chi connectivity index (χ4n) is 3.26. The van der Waals surface area contributed by atoms with Crippen molar-refractivity contribution in [1.29, 1.82) is 0 Å². The van der Waals surface area contributed by atoms with E-state index in [1.807, 2.05) is 0 Å². The van der Waals surface area contributed by atoms with Crippen LogP contribution in [0.1, 0.15) is 5.56 Å². The molecule has 0 aliphatic carbocycles. The van der Waals surface area contributed by atoms with Gasteiger partial charge in [0.25, 0.3) is 10.0 Å². The number of sulfonamides is 1. The molecule has 148 valence electrons. The number of benzene rings is 3. The van der Waals surface area contributed by atoms with Gasteiger partial charge in [-0.3, -0.25) is 9.10 Å². The molecule has 0 spiro atoms. The lowest BCUT2D eigenvalue weighted by Crippen LogP contribution is -2.42. The number of anilines is 1. The zero-order chi connectivity index (χ0) is 20.6. The van der Waals surface area contributed by atoms with E-state index >= 15 is 0 Å². The summed E-state index contributed by atoms with van der Waals surface area (Å²) in [5.74, 6) is -0.413. The molecule has 5 nitrogen and oxygen atoms in total. The Morgan fingerprint density at radius 1 is 0.897 bits per heavy atom. The highest BCUT2D eigenvalue weighted by molar-refractivity contribution is 7.93. The number of amides is 1. The molecule has 0 aromatic heterocycles. The van der Waals surface area contributed by atoms with Crippen molar-refractivity contribution >= 4 is 44.8 Å². The zero-order valence-corrected chi connectivity index (χ0v) is 17.4. The molecular weight excluding hydrogens is 431 g/mol. The molecule has 0 atom stereocenters. The summed E-state index contributed by atoms with van der Waals surface area (Å²) in [6.45, 7) is -0.0627. The summed E-state index contributed by atoms with van der Waals surface area (Å²) in [5, 5.41) is 3.85. The average molecular weight is 447 g/mol. The number of nitrogens with one attached hydrogen (secondary N) is 1. The highest BCUT2D eigenvalue weighted by Gasteiger charge is 2.35. The van der Waals surface area contributed by atoms with E-state index in [1.54, 1.807) is 60.7 Å². The normalized spacial score (nSPS) is 14.1. The quantitative estimate of drug-likeness (QED) is 0.641. The number of fused-ring (bicyclic) bond motifs is 3. The molecule has 8 heteroatoms. The maximum atomic E-state index is 13.2. The molecule has 0 saturated carbocycles. The molecule has 3 aromatic rings. The van der Waals surface area contributed by atoms with Crippen molar-refractivity contribution in [2.45, 2.75) is 11.4 Å². The SMILES string of the molecule is O=C(CN1c2ccc(Cl)cc2-c2ccccc2S1(=O)=O)NCc1ccc(Cl)cc1. The molecule has 0 radical (unpaired) electrons. The summed E-state index contributed by atoms with van der Waals surface area (Å²) in [6.07, 6.45) is 0. The molecule has 1 N–H and O–H groups in total. The van der Waals surface area contributed by atoms with Gasteiger partial charge in [-0.25, -0.2) is 8.42 Å². The van der Waals surface area contributed by atoms with Crippen LogP contribution in [0.3, 0.4) is 0 Å². The van der Waals surface area contributed by atoms with E-state index in [-0.39, 0.29) is 18.0 Å². The Morgan fingerprint density at radius 3 is 2.34 bits per heavy atom. The Hall–Kier alpha value is -2.54. The van der Waals surface area contributed by atoms with Gasteiger partial charge in [0.2, 0.25) is 5.91 Å². The van der Waals surface area contributed by atoms with E-state index in [0.717, 1.165) is 9.87 Å². The molecule has 29 heavy (non-hydrogen) atoms. The first-order chi connectivity index (χ1) is 13.9. The fraction of sp³-hybridized carbons (Fsp3) is 0.0952. The number of rotatable bonds is 4. The van der Waals surface area contributed by atoms with Gasteiger partial charge in [0.15, 0.2) is 0 Å². The second kappa shape index (κ2) is 7.71. The highest BCUT2D eigenvalue weighted by atomic mass is 35.5. The first kappa shape index (κ1) is 19.8. The summed E-state index contributed by atoms with van der Waals surface area (Å²) in [4.78, 5) is 12.7. The van der Waals surface area contributed by atoms with E-state index < -0.39 is 15.9 Å². The Balaban J connectivity index is 1.63. The van der Waals surface area contributed by atoms with Crippen molar-refractivity contribution in [3.63, 3.8) is 0 Å². The third-order valence-corrected chi connectivity index (χ3v) is 6.97. The van der Waals surface area contributed by atoms with Gasteiger partial charge >= 0.3 is 0 Å². The van der Waals surface area contributed by atoms with Gasteiger partial charge in [-0.15, -0.1) is 0 Å². The van der Waals surface area contributed by atoms with Crippen molar-refractivity contribution in [2.75, 3.05) is 10.8 Å². The molecular formula is C21H16Cl2N2O3S. The lowest BCUT2D eigenvalue weighted by Gasteiger charge is -2.31. The van der Waals surface area contributed by atoms with E-state index in [2.05, 4.69) is 5.32 Å². The van der Waals surface area contributed by atoms with Crippen molar-refractivity contribution < 1.29 is 13.2 Å². The summed E-state index contributed by atoms with van der Waals surface area (Å²) in [6, 6.07) is 18.7.